The molecule has 2 atom stereocenters. The second-order valence-electron chi connectivity index (χ2n) is 10.7. The van der Waals surface area contributed by atoms with Gasteiger partial charge in [-0.15, -0.1) is 0 Å². The van der Waals surface area contributed by atoms with Gasteiger partial charge in [-0.25, -0.2) is 8.42 Å². The molecule has 214 valence electrons. The summed E-state index contributed by atoms with van der Waals surface area (Å²) in [7, 11) is 0.509. The summed E-state index contributed by atoms with van der Waals surface area (Å²) in [5, 5.41) is 0. The first-order valence-electron chi connectivity index (χ1n) is 13.1. The van der Waals surface area contributed by atoms with Crippen molar-refractivity contribution in [1.29, 1.82) is 0 Å². The Balaban J connectivity index is 0.000000210. The highest BCUT2D eigenvalue weighted by atomic mass is 32.2. The molecule has 0 saturated heterocycles. The van der Waals surface area contributed by atoms with Crippen LogP contribution >= 0.6 is 0 Å². The van der Waals surface area contributed by atoms with Crippen molar-refractivity contribution in [1.82, 2.24) is 0 Å². The molecule has 2 saturated carbocycles. The molecule has 0 heterocycles. The van der Waals surface area contributed by atoms with Gasteiger partial charge >= 0.3 is 0 Å². The summed E-state index contributed by atoms with van der Waals surface area (Å²) < 4.78 is 48.6. The Bertz CT molecular complexity index is 1300. The lowest BCUT2D eigenvalue weighted by atomic mass is 9.70. The Morgan fingerprint density at radius 2 is 1.15 bits per heavy atom. The van der Waals surface area contributed by atoms with Crippen LogP contribution in [0.25, 0.3) is 0 Å². The molecule has 2 unspecified atom stereocenters. The molecule has 0 aromatic heterocycles. The molecule has 7 nitrogen and oxygen atoms in total. The summed E-state index contributed by atoms with van der Waals surface area (Å²) >= 11 is 0. The number of hydrogen-bond donors (Lipinski definition) is 0. The molecular formula is C31H36O7S2. The standard InChI is InChI=1S/C21H21O3S.C10H16O4S/c1-22-16-4-10-19(11-5-16)25(20-12-6-17(23-2)7-13-20)21-14-8-18(24-3)9-15-21;1-9(2)7-3-4-10(9,8(11)5-7)6-15(12,13)14/h4-15H,1-3H3;7H,3-6H2,1-2H3,(H,12,13,14)/q+1;/p-1. The molecule has 0 spiro atoms. The van der Waals surface area contributed by atoms with Crippen molar-refractivity contribution in [2.75, 3.05) is 27.1 Å². The van der Waals surface area contributed by atoms with Crippen molar-refractivity contribution >= 4 is 26.8 Å². The highest BCUT2D eigenvalue weighted by Gasteiger charge is 2.64. The van der Waals surface area contributed by atoms with Crippen molar-refractivity contribution in [3.8, 4) is 17.2 Å². The minimum atomic E-state index is -4.33. The molecule has 3 aromatic carbocycles. The van der Waals surface area contributed by atoms with E-state index in [0.29, 0.717) is 12.8 Å². The first-order valence-corrected chi connectivity index (χ1v) is 15.9. The van der Waals surface area contributed by atoms with Gasteiger partial charge in [0.25, 0.3) is 0 Å². The molecular weight excluding hydrogens is 548 g/mol. The highest BCUT2D eigenvalue weighted by molar-refractivity contribution is 7.97. The third-order valence-corrected chi connectivity index (χ3v) is 11.5. The van der Waals surface area contributed by atoms with Gasteiger partial charge in [0.2, 0.25) is 0 Å². The average molecular weight is 585 g/mol. The Labute approximate surface area is 240 Å². The maximum absolute atomic E-state index is 11.8. The third kappa shape index (κ3) is 6.01. The highest BCUT2D eigenvalue weighted by Crippen LogP contribution is 2.64. The maximum atomic E-state index is 11.8. The van der Waals surface area contributed by atoms with E-state index in [9.17, 15) is 17.8 Å². The largest absolute Gasteiger partial charge is 0.748 e. The van der Waals surface area contributed by atoms with Gasteiger partial charge < -0.3 is 18.8 Å². The number of Topliss-reactive ketones (excluding diaryl/α,β-unsaturated/α-hetero) is 1. The zero-order chi connectivity index (χ0) is 29.1. The summed E-state index contributed by atoms with van der Waals surface area (Å²) in [5.74, 6) is 2.29. The van der Waals surface area contributed by atoms with Crippen LogP contribution in [-0.4, -0.2) is 45.8 Å². The van der Waals surface area contributed by atoms with E-state index in [1.807, 2.05) is 50.2 Å². The summed E-state index contributed by atoms with van der Waals surface area (Å²) in [6, 6.07) is 24.7. The van der Waals surface area contributed by atoms with Crippen molar-refractivity contribution in [3.63, 3.8) is 0 Å². The summed E-state index contributed by atoms with van der Waals surface area (Å²) in [6.07, 6.45) is 1.88. The fourth-order valence-electron chi connectivity index (χ4n) is 5.95. The number of ether oxygens (including phenoxy) is 3. The van der Waals surface area contributed by atoms with Crippen LogP contribution in [0.1, 0.15) is 33.1 Å². The predicted octanol–water partition coefficient (Wildman–Crippen LogP) is 5.73. The van der Waals surface area contributed by atoms with Gasteiger partial charge in [-0.2, -0.15) is 0 Å². The summed E-state index contributed by atoms with van der Waals surface area (Å²) in [6.45, 7) is 3.83. The molecule has 40 heavy (non-hydrogen) atoms. The fraction of sp³-hybridized carbons (Fsp3) is 0.387. The van der Waals surface area contributed by atoms with Crippen molar-refractivity contribution in [3.05, 3.63) is 72.8 Å². The summed E-state index contributed by atoms with van der Waals surface area (Å²) in [5.41, 5.74) is -1.22. The van der Waals surface area contributed by atoms with Gasteiger partial charge in [0.1, 0.15) is 23.0 Å². The van der Waals surface area contributed by atoms with E-state index in [4.69, 9.17) is 14.2 Å². The Morgan fingerprint density at radius 1 is 0.775 bits per heavy atom. The molecule has 2 bridgehead atoms. The number of benzene rings is 3. The number of fused-ring (bicyclic) bond motifs is 2. The van der Waals surface area contributed by atoms with Crippen molar-refractivity contribution < 1.29 is 32.0 Å². The van der Waals surface area contributed by atoms with E-state index >= 15 is 0 Å². The van der Waals surface area contributed by atoms with E-state index in [1.165, 1.54) is 14.7 Å². The van der Waals surface area contributed by atoms with Crippen LogP contribution in [0.2, 0.25) is 0 Å². The molecule has 0 N–H and O–H groups in total. The molecule has 0 aliphatic heterocycles. The molecule has 3 aromatic rings. The Morgan fingerprint density at radius 3 is 1.40 bits per heavy atom. The van der Waals surface area contributed by atoms with Crippen LogP contribution < -0.4 is 14.2 Å². The monoisotopic (exact) mass is 584 g/mol. The SMILES string of the molecule is CC1(C)C2CCC1(CS(=O)(=O)[O-])C(=O)C2.COc1ccc([S+](c2ccc(OC)cc2)c2ccc(OC)cc2)cc1. The van der Waals surface area contributed by atoms with Gasteiger partial charge in [0.05, 0.1) is 48.1 Å². The van der Waals surface area contributed by atoms with Crippen LogP contribution in [0, 0.1) is 16.7 Å². The van der Waals surface area contributed by atoms with E-state index in [2.05, 4.69) is 36.4 Å². The first-order chi connectivity index (χ1) is 18.9. The van der Waals surface area contributed by atoms with Crippen molar-refractivity contribution in [2.24, 2.45) is 16.7 Å². The van der Waals surface area contributed by atoms with Gasteiger partial charge in [-0.05, 0) is 97.0 Å². The van der Waals surface area contributed by atoms with E-state index < -0.39 is 21.3 Å². The quantitative estimate of drug-likeness (QED) is 0.246. The fourth-order valence-corrected chi connectivity index (χ4v) is 9.28. The first kappa shape index (κ1) is 30.0. The lowest BCUT2D eigenvalue weighted by Crippen LogP contribution is -2.42. The minimum absolute atomic E-state index is 0.0248. The number of carbonyl (C=O) groups is 1. The van der Waals surface area contributed by atoms with Gasteiger partial charge in [-0.1, -0.05) is 13.8 Å². The van der Waals surface area contributed by atoms with Crippen LogP contribution in [0.4, 0.5) is 0 Å². The maximum Gasteiger partial charge on any atom is 0.166 e. The van der Waals surface area contributed by atoms with Crippen LogP contribution in [0.15, 0.2) is 87.5 Å². The van der Waals surface area contributed by atoms with Crippen LogP contribution in [-0.2, 0) is 25.8 Å². The molecule has 9 heteroatoms. The van der Waals surface area contributed by atoms with Gasteiger partial charge in [-0.3, -0.25) is 4.79 Å². The molecule has 2 fully saturated rings. The second kappa shape index (κ2) is 11.8. The van der Waals surface area contributed by atoms with Crippen LogP contribution in [0.3, 0.4) is 0 Å². The number of rotatable bonds is 8. The van der Waals surface area contributed by atoms with E-state index in [1.54, 1.807) is 21.3 Å². The number of carbonyl (C=O) groups excluding carboxylic acids is 1. The molecule has 2 aliphatic carbocycles. The Kier molecular flexibility index (Phi) is 8.87. The second-order valence-corrected chi connectivity index (χ2v) is 14.1. The van der Waals surface area contributed by atoms with E-state index in [0.717, 1.165) is 23.7 Å². The smallest absolute Gasteiger partial charge is 0.166 e. The summed E-state index contributed by atoms with van der Waals surface area (Å²) in [4.78, 5) is 15.5. The predicted molar refractivity (Wildman–Crippen MR) is 154 cm³/mol. The Hall–Kier alpha value is -3.01. The average Bonchev–Trinajstić information content (AvgIpc) is 3.28. The molecule has 2 aliphatic rings. The number of hydrogen-bond acceptors (Lipinski definition) is 7. The van der Waals surface area contributed by atoms with Gasteiger partial charge in [0, 0.05) is 11.8 Å². The zero-order valence-electron chi connectivity index (χ0n) is 23.5. The van der Waals surface area contributed by atoms with E-state index in [-0.39, 0.29) is 28.0 Å². The lowest BCUT2D eigenvalue weighted by Gasteiger charge is -2.37. The topological polar surface area (TPSA) is 102 Å². The normalized spacial score (nSPS) is 21.1. The van der Waals surface area contributed by atoms with Crippen molar-refractivity contribution in [2.45, 2.75) is 47.8 Å². The zero-order valence-corrected chi connectivity index (χ0v) is 25.1. The van der Waals surface area contributed by atoms with Gasteiger partial charge in [0.15, 0.2) is 14.7 Å². The number of ketones is 1. The molecule has 5 rings (SSSR count). The minimum Gasteiger partial charge on any atom is -0.748 e. The van der Waals surface area contributed by atoms with Crippen LogP contribution in [0.5, 0.6) is 17.2 Å². The third-order valence-electron chi connectivity index (χ3n) is 8.45. The molecule has 0 amide bonds. The lowest BCUT2D eigenvalue weighted by molar-refractivity contribution is -0.128. The molecule has 0 radical (unpaired) electrons. The number of methoxy groups -OCH3 is 3.